The first-order chi connectivity index (χ1) is 10.2. The van der Waals surface area contributed by atoms with Crippen LogP contribution in [-0.2, 0) is 4.79 Å². The quantitative estimate of drug-likeness (QED) is 0.872. The molecule has 0 radical (unpaired) electrons. The summed E-state index contributed by atoms with van der Waals surface area (Å²) in [7, 11) is 1.67. The average molecular weight is 288 g/mol. The Morgan fingerprint density at radius 3 is 2.52 bits per heavy atom. The maximum atomic E-state index is 12.5. The highest BCUT2D eigenvalue weighted by Gasteiger charge is 2.36. The van der Waals surface area contributed by atoms with Gasteiger partial charge < -0.3 is 15.4 Å². The molecular weight excluding hydrogens is 264 g/mol. The Morgan fingerprint density at radius 1 is 1.29 bits per heavy atom. The molecule has 4 heteroatoms. The third-order valence-electron chi connectivity index (χ3n) is 4.72. The molecule has 0 spiro atoms. The fraction of sp³-hybridized carbons (Fsp3) is 0.588. The van der Waals surface area contributed by atoms with Crippen molar-refractivity contribution >= 4 is 5.91 Å². The highest BCUT2D eigenvalue weighted by molar-refractivity contribution is 5.80. The van der Waals surface area contributed by atoms with E-state index in [4.69, 9.17) is 4.74 Å². The molecule has 1 aromatic carbocycles. The van der Waals surface area contributed by atoms with Gasteiger partial charge in [0.2, 0.25) is 5.91 Å². The lowest BCUT2D eigenvalue weighted by atomic mass is 9.95. The molecule has 0 aromatic heterocycles. The molecule has 3 atom stereocenters. The van der Waals surface area contributed by atoms with Crippen LogP contribution in [0.1, 0.15) is 31.4 Å². The highest BCUT2D eigenvalue weighted by Crippen LogP contribution is 2.41. The van der Waals surface area contributed by atoms with E-state index in [1.54, 1.807) is 7.11 Å². The van der Waals surface area contributed by atoms with E-state index in [-0.39, 0.29) is 17.9 Å². The van der Waals surface area contributed by atoms with Gasteiger partial charge in [0.1, 0.15) is 5.75 Å². The fourth-order valence-corrected chi connectivity index (χ4v) is 3.14. The molecule has 1 aromatic rings. The lowest BCUT2D eigenvalue weighted by molar-refractivity contribution is -0.126. The highest BCUT2D eigenvalue weighted by atomic mass is 16.5. The zero-order valence-corrected chi connectivity index (χ0v) is 12.8. The third-order valence-corrected chi connectivity index (χ3v) is 4.72. The van der Waals surface area contributed by atoms with Gasteiger partial charge in [0.25, 0.3) is 0 Å². The van der Waals surface area contributed by atoms with Crippen molar-refractivity contribution in [3.63, 3.8) is 0 Å². The predicted molar refractivity (Wildman–Crippen MR) is 82.1 cm³/mol. The molecule has 1 amide bonds. The number of carbonyl (C=O) groups excluding carboxylic acids is 1. The first-order valence-corrected chi connectivity index (χ1v) is 7.84. The smallest absolute Gasteiger partial charge is 0.225 e. The summed E-state index contributed by atoms with van der Waals surface area (Å²) in [4.78, 5) is 12.5. The summed E-state index contributed by atoms with van der Waals surface area (Å²) >= 11 is 0. The average Bonchev–Trinajstić information content (AvgIpc) is 3.26. The van der Waals surface area contributed by atoms with Crippen molar-refractivity contribution in [2.45, 2.75) is 25.8 Å². The van der Waals surface area contributed by atoms with Crippen LogP contribution in [-0.4, -0.2) is 26.1 Å². The number of hydrogen-bond acceptors (Lipinski definition) is 3. The number of carbonyl (C=O) groups is 1. The molecule has 1 aliphatic heterocycles. The third kappa shape index (κ3) is 3.21. The normalized spacial score (nSPS) is 26.4. The Hall–Kier alpha value is -1.55. The van der Waals surface area contributed by atoms with Crippen molar-refractivity contribution in [2.24, 2.45) is 17.8 Å². The molecule has 1 heterocycles. The number of rotatable bonds is 5. The number of amides is 1. The number of nitrogens with one attached hydrogen (secondary N) is 2. The van der Waals surface area contributed by atoms with Crippen LogP contribution in [0.5, 0.6) is 5.75 Å². The predicted octanol–water partition coefficient (Wildman–Crippen LogP) is 2.12. The minimum absolute atomic E-state index is 0.101. The van der Waals surface area contributed by atoms with Crippen LogP contribution in [0.15, 0.2) is 24.3 Å². The molecule has 1 saturated heterocycles. The summed E-state index contributed by atoms with van der Waals surface area (Å²) in [5.74, 6) is 2.16. The first kappa shape index (κ1) is 14.4. The Bertz CT molecular complexity index is 496. The number of methoxy groups -OCH3 is 1. The zero-order valence-electron chi connectivity index (χ0n) is 12.8. The molecule has 1 saturated carbocycles. The molecule has 114 valence electrons. The first-order valence-electron chi connectivity index (χ1n) is 7.84. The van der Waals surface area contributed by atoms with Crippen molar-refractivity contribution in [3.8, 4) is 5.75 Å². The van der Waals surface area contributed by atoms with E-state index in [1.807, 2.05) is 12.1 Å². The summed E-state index contributed by atoms with van der Waals surface area (Å²) in [5, 5.41) is 6.58. The van der Waals surface area contributed by atoms with Crippen molar-refractivity contribution in [2.75, 3.05) is 20.2 Å². The molecule has 2 fully saturated rings. The van der Waals surface area contributed by atoms with Crippen LogP contribution in [0.3, 0.4) is 0 Å². The van der Waals surface area contributed by atoms with Gasteiger partial charge in [0.05, 0.1) is 19.1 Å². The Kier molecular flexibility index (Phi) is 4.15. The second-order valence-electron chi connectivity index (χ2n) is 6.34. The lowest BCUT2D eigenvalue weighted by Gasteiger charge is -2.22. The van der Waals surface area contributed by atoms with E-state index >= 15 is 0 Å². The van der Waals surface area contributed by atoms with Crippen molar-refractivity contribution in [1.82, 2.24) is 10.6 Å². The molecule has 21 heavy (non-hydrogen) atoms. The van der Waals surface area contributed by atoms with E-state index in [2.05, 4.69) is 29.7 Å². The maximum Gasteiger partial charge on any atom is 0.225 e. The molecule has 1 unspecified atom stereocenters. The van der Waals surface area contributed by atoms with Gasteiger partial charge in [0.15, 0.2) is 0 Å². The summed E-state index contributed by atoms with van der Waals surface area (Å²) in [6.07, 6.45) is 2.41. The van der Waals surface area contributed by atoms with Crippen molar-refractivity contribution in [3.05, 3.63) is 29.8 Å². The molecule has 2 N–H and O–H groups in total. The van der Waals surface area contributed by atoms with Crippen molar-refractivity contribution < 1.29 is 9.53 Å². The summed E-state index contributed by atoms with van der Waals surface area (Å²) in [6, 6.07) is 8.22. The molecule has 4 nitrogen and oxygen atoms in total. The SMILES string of the molecule is COc1ccc(C(NC(=O)[C@@H]2CNC[C@H]2C)C2CC2)cc1. The molecule has 2 aliphatic rings. The van der Waals surface area contributed by atoms with Crippen LogP contribution in [0.2, 0.25) is 0 Å². The number of ether oxygens (including phenoxy) is 1. The van der Waals surface area contributed by atoms with Crippen LogP contribution in [0, 0.1) is 17.8 Å². The largest absolute Gasteiger partial charge is 0.497 e. The monoisotopic (exact) mass is 288 g/mol. The van der Waals surface area contributed by atoms with Gasteiger partial charge in [-0.05, 0) is 48.9 Å². The minimum atomic E-state index is 0.101. The molecule has 1 aliphatic carbocycles. The maximum absolute atomic E-state index is 12.5. The van der Waals surface area contributed by atoms with Gasteiger partial charge in [0, 0.05) is 6.54 Å². The second-order valence-corrected chi connectivity index (χ2v) is 6.34. The number of benzene rings is 1. The second kappa shape index (κ2) is 6.06. The number of hydrogen-bond donors (Lipinski definition) is 2. The van der Waals surface area contributed by atoms with E-state index in [9.17, 15) is 4.79 Å². The Morgan fingerprint density at radius 2 is 2.00 bits per heavy atom. The van der Waals surface area contributed by atoms with Gasteiger partial charge in [-0.3, -0.25) is 4.79 Å². The Balaban J connectivity index is 1.70. The zero-order chi connectivity index (χ0) is 14.8. The topological polar surface area (TPSA) is 50.4 Å². The van der Waals surface area contributed by atoms with Crippen LogP contribution < -0.4 is 15.4 Å². The van der Waals surface area contributed by atoms with E-state index in [0.717, 1.165) is 18.8 Å². The summed E-state index contributed by atoms with van der Waals surface area (Å²) in [6.45, 7) is 3.88. The van der Waals surface area contributed by atoms with Gasteiger partial charge in [-0.2, -0.15) is 0 Å². The summed E-state index contributed by atoms with van der Waals surface area (Å²) in [5.41, 5.74) is 1.19. The van der Waals surface area contributed by atoms with Gasteiger partial charge in [-0.15, -0.1) is 0 Å². The minimum Gasteiger partial charge on any atom is -0.497 e. The van der Waals surface area contributed by atoms with E-state index in [1.165, 1.54) is 18.4 Å². The molecular formula is C17H24N2O2. The van der Waals surface area contributed by atoms with Crippen molar-refractivity contribution in [1.29, 1.82) is 0 Å². The fourth-order valence-electron chi connectivity index (χ4n) is 3.14. The molecule has 0 bridgehead atoms. The summed E-state index contributed by atoms with van der Waals surface area (Å²) < 4.78 is 5.21. The van der Waals surface area contributed by atoms with Gasteiger partial charge in [-0.25, -0.2) is 0 Å². The lowest BCUT2D eigenvalue weighted by Crippen LogP contribution is -2.37. The van der Waals surface area contributed by atoms with E-state index in [0.29, 0.717) is 11.8 Å². The Labute approximate surface area is 126 Å². The van der Waals surface area contributed by atoms with Crippen LogP contribution >= 0.6 is 0 Å². The molecule has 3 rings (SSSR count). The van der Waals surface area contributed by atoms with Gasteiger partial charge in [-0.1, -0.05) is 19.1 Å². The van der Waals surface area contributed by atoms with Gasteiger partial charge >= 0.3 is 0 Å². The standard InChI is InChI=1S/C17H24N2O2/c1-11-9-18-10-15(11)17(20)19-16(12-3-4-12)13-5-7-14(21-2)8-6-13/h5-8,11-12,15-16,18H,3-4,9-10H2,1-2H3,(H,19,20)/t11-,15-,16?/m1/s1. The van der Waals surface area contributed by atoms with Crippen LogP contribution in [0.4, 0.5) is 0 Å². The van der Waals surface area contributed by atoms with E-state index < -0.39 is 0 Å². The van der Waals surface area contributed by atoms with Crippen LogP contribution in [0.25, 0.3) is 0 Å².